The van der Waals surface area contributed by atoms with Gasteiger partial charge in [0.1, 0.15) is 28.4 Å². The molecular formula is C26H24N6O7S3. The molecule has 3 aromatic rings. The second kappa shape index (κ2) is 12.4. The van der Waals surface area contributed by atoms with Crippen LogP contribution in [-0.4, -0.2) is 79.9 Å². The van der Waals surface area contributed by atoms with Gasteiger partial charge in [0, 0.05) is 18.6 Å². The number of rotatable bonds is 9. The number of hydrogen-bond acceptors (Lipinski definition) is 11. The van der Waals surface area contributed by atoms with Crippen LogP contribution in [0.15, 0.2) is 62.9 Å². The fourth-order valence-corrected chi connectivity index (χ4v) is 7.79. The molecule has 0 spiro atoms. The lowest BCUT2D eigenvalue weighted by atomic mass is 10.0. The van der Waals surface area contributed by atoms with Crippen LogP contribution in [0.2, 0.25) is 0 Å². The first-order valence-corrected chi connectivity index (χ1v) is 15.3. The maximum atomic E-state index is 13.1. The lowest BCUT2D eigenvalue weighted by Crippen LogP contribution is -2.70. The minimum Gasteiger partial charge on any atom is -0.477 e. The Hall–Kier alpha value is -4.15. The molecule has 13 nitrogen and oxygen atoms in total. The van der Waals surface area contributed by atoms with E-state index in [0.29, 0.717) is 27.0 Å². The van der Waals surface area contributed by atoms with Crippen molar-refractivity contribution in [2.45, 2.75) is 29.1 Å². The zero-order valence-corrected chi connectivity index (χ0v) is 24.7. The van der Waals surface area contributed by atoms with Crippen LogP contribution in [0.5, 0.6) is 0 Å². The Kier molecular flexibility index (Phi) is 8.65. The predicted molar refractivity (Wildman–Crippen MR) is 155 cm³/mol. The number of furan rings is 1. The van der Waals surface area contributed by atoms with Crippen molar-refractivity contribution in [3.05, 3.63) is 70.3 Å². The molecule has 218 valence electrons. The van der Waals surface area contributed by atoms with Crippen molar-refractivity contribution in [3.8, 4) is 0 Å². The highest BCUT2D eigenvalue weighted by Gasteiger charge is 2.54. The van der Waals surface area contributed by atoms with Gasteiger partial charge in [0.25, 0.3) is 11.8 Å². The number of β-lactam (4-membered cyclic amide) rings is 1. The van der Waals surface area contributed by atoms with Gasteiger partial charge in [-0.05, 0) is 30.2 Å². The summed E-state index contributed by atoms with van der Waals surface area (Å²) in [5, 5.41) is 23.3. The van der Waals surface area contributed by atoms with E-state index in [4.69, 9.17) is 4.42 Å². The average Bonchev–Trinajstić information content (AvgIpc) is 3.67. The summed E-state index contributed by atoms with van der Waals surface area (Å²) in [6.07, 6.45) is 2.28. The second-order valence-electron chi connectivity index (χ2n) is 9.10. The Labute approximate surface area is 251 Å². The van der Waals surface area contributed by atoms with Crippen LogP contribution in [-0.2, 0) is 20.8 Å². The number of aromatic nitrogens is 2. The largest absolute Gasteiger partial charge is 0.477 e. The molecular weight excluding hydrogens is 605 g/mol. The second-order valence-corrected chi connectivity index (χ2v) is 12.6. The number of hydrogen-bond donors (Lipinski definition) is 3. The molecule has 0 saturated carbocycles. The maximum absolute atomic E-state index is 13.1. The number of para-hydroxylation sites is 1. The fourth-order valence-electron chi connectivity index (χ4n) is 4.49. The maximum Gasteiger partial charge on any atom is 0.352 e. The highest BCUT2D eigenvalue weighted by Crippen LogP contribution is 2.42. The van der Waals surface area contributed by atoms with E-state index in [1.54, 1.807) is 18.2 Å². The standard InChI is InChI=1S/C26H24N6O7S3/c1-13-29-30-26(42-13)41-12-16-11-40-23-19(22(35)32(23)20(16)24(36)37)28-18(33)9-14-5-3-4-6-17(14)31(25(38)27-2)21(34)15-7-8-39-10-15/h3-8,10,19,23H,9,11-12H2,1-2H3,(H,27,38)(H,28,33)(H,36,37)/t19?,23-/m1/s1. The quantitative estimate of drug-likeness (QED) is 0.235. The van der Waals surface area contributed by atoms with Crippen molar-refractivity contribution in [2.24, 2.45) is 0 Å². The van der Waals surface area contributed by atoms with E-state index in [0.717, 1.165) is 9.91 Å². The molecule has 1 saturated heterocycles. The van der Waals surface area contributed by atoms with Gasteiger partial charge < -0.3 is 20.2 Å². The van der Waals surface area contributed by atoms with Crippen molar-refractivity contribution in [1.82, 2.24) is 25.7 Å². The number of aryl methyl sites for hydroxylation is 1. The van der Waals surface area contributed by atoms with Gasteiger partial charge in [-0.2, -0.15) is 0 Å². The summed E-state index contributed by atoms with van der Waals surface area (Å²) in [4.78, 5) is 66.3. The number of urea groups is 1. The molecule has 16 heteroatoms. The Morgan fingerprint density at radius 3 is 2.67 bits per heavy atom. The number of carboxylic acids is 1. The van der Waals surface area contributed by atoms with Gasteiger partial charge in [-0.3, -0.25) is 19.3 Å². The molecule has 1 aromatic carbocycles. The van der Waals surface area contributed by atoms with Gasteiger partial charge in [-0.15, -0.1) is 22.0 Å². The van der Waals surface area contributed by atoms with Crippen LogP contribution >= 0.6 is 34.9 Å². The smallest absolute Gasteiger partial charge is 0.352 e. The van der Waals surface area contributed by atoms with Crippen LogP contribution in [0.25, 0.3) is 0 Å². The third-order valence-electron chi connectivity index (χ3n) is 6.42. The van der Waals surface area contributed by atoms with Crippen molar-refractivity contribution in [2.75, 3.05) is 23.5 Å². The Balaban J connectivity index is 1.29. The first-order valence-electron chi connectivity index (χ1n) is 12.5. The van der Waals surface area contributed by atoms with Gasteiger partial charge in [-0.25, -0.2) is 14.5 Å². The number of aliphatic carboxylic acids is 1. The summed E-state index contributed by atoms with van der Waals surface area (Å²) in [6.45, 7) is 1.83. The monoisotopic (exact) mass is 628 g/mol. The number of carbonyl (C=O) groups is 5. The highest BCUT2D eigenvalue weighted by atomic mass is 32.2. The van der Waals surface area contributed by atoms with E-state index in [9.17, 15) is 29.1 Å². The summed E-state index contributed by atoms with van der Waals surface area (Å²) in [5.74, 6) is -2.21. The molecule has 1 fully saturated rings. The third kappa shape index (κ3) is 5.77. The van der Waals surface area contributed by atoms with E-state index in [2.05, 4.69) is 20.8 Å². The van der Waals surface area contributed by atoms with Crippen molar-refractivity contribution in [3.63, 3.8) is 0 Å². The number of imide groups is 1. The molecule has 5 amide bonds. The lowest BCUT2D eigenvalue weighted by molar-refractivity contribution is -0.150. The molecule has 2 aliphatic heterocycles. The molecule has 42 heavy (non-hydrogen) atoms. The summed E-state index contributed by atoms with van der Waals surface area (Å²) >= 11 is 4.13. The normalized spacial score (nSPS) is 17.8. The number of nitrogens with one attached hydrogen (secondary N) is 2. The number of amides is 5. The van der Waals surface area contributed by atoms with Crippen LogP contribution < -0.4 is 15.5 Å². The summed E-state index contributed by atoms with van der Waals surface area (Å²) in [6, 6.07) is 6.22. The number of thioether (sulfide) groups is 2. The van der Waals surface area contributed by atoms with Gasteiger partial charge in [0.2, 0.25) is 5.91 Å². The van der Waals surface area contributed by atoms with E-state index in [1.807, 2.05) is 6.92 Å². The zero-order valence-electron chi connectivity index (χ0n) is 22.2. The first kappa shape index (κ1) is 29.3. The Morgan fingerprint density at radius 2 is 2.00 bits per heavy atom. The topological polar surface area (TPSA) is 175 Å². The van der Waals surface area contributed by atoms with E-state index in [1.165, 1.54) is 71.5 Å². The van der Waals surface area contributed by atoms with Crippen LogP contribution in [0.1, 0.15) is 20.9 Å². The Bertz CT molecular complexity index is 1590. The molecule has 2 aliphatic rings. The van der Waals surface area contributed by atoms with Gasteiger partial charge >= 0.3 is 12.0 Å². The summed E-state index contributed by atoms with van der Waals surface area (Å²) < 4.78 is 5.69. The van der Waals surface area contributed by atoms with Crippen LogP contribution in [0.4, 0.5) is 10.5 Å². The molecule has 2 atom stereocenters. The van der Waals surface area contributed by atoms with Crippen molar-refractivity contribution >= 4 is 70.3 Å². The number of nitrogens with zero attached hydrogens (tertiary/aromatic N) is 4. The lowest BCUT2D eigenvalue weighted by Gasteiger charge is -2.49. The van der Waals surface area contributed by atoms with Gasteiger partial charge in [0.05, 0.1) is 23.9 Å². The number of benzene rings is 1. The summed E-state index contributed by atoms with van der Waals surface area (Å²) in [5.41, 5.74) is 1.21. The highest BCUT2D eigenvalue weighted by molar-refractivity contribution is 8.01. The minimum absolute atomic E-state index is 0.0766. The predicted octanol–water partition coefficient (Wildman–Crippen LogP) is 2.50. The molecule has 2 aromatic heterocycles. The molecule has 0 radical (unpaired) electrons. The third-order valence-corrected chi connectivity index (χ3v) is 9.81. The van der Waals surface area contributed by atoms with Crippen molar-refractivity contribution in [1.29, 1.82) is 0 Å². The van der Waals surface area contributed by atoms with Crippen LogP contribution in [0, 0.1) is 6.92 Å². The fraction of sp³-hybridized carbons (Fsp3) is 0.269. The molecule has 4 heterocycles. The minimum atomic E-state index is -1.21. The van der Waals surface area contributed by atoms with E-state index in [-0.39, 0.29) is 23.4 Å². The van der Waals surface area contributed by atoms with Gasteiger partial charge in [-0.1, -0.05) is 41.3 Å². The number of carbonyl (C=O) groups excluding carboxylic acids is 4. The molecule has 3 N–H and O–H groups in total. The van der Waals surface area contributed by atoms with Crippen LogP contribution in [0.3, 0.4) is 0 Å². The number of fused-ring (bicyclic) bond motifs is 1. The molecule has 1 unspecified atom stereocenters. The molecule has 5 rings (SSSR count). The number of anilines is 1. The van der Waals surface area contributed by atoms with E-state index < -0.39 is 41.1 Å². The molecule has 0 bridgehead atoms. The zero-order chi connectivity index (χ0) is 30.0. The first-order chi connectivity index (χ1) is 20.2. The van der Waals surface area contributed by atoms with Gasteiger partial charge in [0.15, 0.2) is 4.34 Å². The van der Waals surface area contributed by atoms with E-state index >= 15 is 0 Å². The Morgan fingerprint density at radius 1 is 1.21 bits per heavy atom. The average molecular weight is 629 g/mol. The molecule has 0 aliphatic carbocycles. The van der Waals surface area contributed by atoms with Crippen molar-refractivity contribution < 1.29 is 33.5 Å². The summed E-state index contributed by atoms with van der Waals surface area (Å²) in [7, 11) is 1.38. The number of carboxylic acid groups (broad SMARTS) is 1. The SMILES string of the molecule is CNC(=O)N(C(=O)c1ccoc1)c1ccccc1CC(=O)NC1C(=O)N2C(C(=O)O)=C(CSc3nnc(C)s3)CS[C@H]12.